The number of aromatic hydroxyl groups is 1. The van der Waals surface area contributed by atoms with E-state index in [0.717, 1.165) is 16.5 Å². The molecule has 0 radical (unpaired) electrons. The predicted molar refractivity (Wildman–Crippen MR) is 169 cm³/mol. The van der Waals surface area contributed by atoms with E-state index < -0.39 is 17.6 Å². The molecule has 1 heterocycles. The van der Waals surface area contributed by atoms with Crippen LogP contribution in [0.4, 0.5) is 5.69 Å². The van der Waals surface area contributed by atoms with Gasteiger partial charge in [0.05, 0.1) is 29.1 Å². The quantitative estimate of drug-likeness (QED) is 0.152. The third-order valence-electron chi connectivity index (χ3n) is 6.83. The van der Waals surface area contributed by atoms with Crippen LogP contribution >= 0.6 is 0 Å². The van der Waals surface area contributed by atoms with Gasteiger partial charge in [-0.05, 0) is 77.5 Å². The molecule has 4 N–H and O–H groups in total. The topological polar surface area (TPSA) is 130 Å². The Morgan fingerprint density at radius 1 is 1.02 bits per heavy atom. The lowest BCUT2D eigenvalue weighted by molar-refractivity contribution is -0.161. The lowest BCUT2D eigenvalue weighted by atomic mass is 10.00. The van der Waals surface area contributed by atoms with Gasteiger partial charge in [-0.25, -0.2) is 9.79 Å². The average molecular weight is 585 g/mol. The Balaban J connectivity index is 1.65. The van der Waals surface area contributed by atoms with Gasteiger partial charge in [0.2, 0.25) is 0 Å². The third kappa shape index (κ3) is 7.88. The zero-order chi connectivity index (χ0) is 31.1. The minimum absolute atomic E-state index is 0.0510. The van der Waals surface area contributed by atoms with Gasteiger partial charge in [-0.3, -0.25) is 9.69 Å². The summed E-state index contributed by atoms with van der Waals surface area (Å²) < 4.78 is 10.7. The molecule has 0 amide bonds. The molecule has 9 heteroatoms. The van der Waals surface area contributed by atoms with Crippen molar-refractivity contribution < 1.29 is 24.2 Å². The standard InChI is InChI=1S/C34H40N4O5/c1-6-42-32(40)24-14-17-26-27(20-24)37-31(39)29(26)30(23-10-8-7-9-11-23)36-25-15-12-22(13-16-25)21-38(5)28(18-19-35)33(41)43-34(2,3)4/h7-17,20,28,37,39H,6,18-19,21,35H2,1-5H3. The molecule has 0 aliphatic heterocycles. The number of aliphatic imine (C=N–C) groups is 1. The maximum absolute atomic E-state index is 12.8. The number of nitrogens with zero attached hydrogens (tertiary/aromatic N) is 2. The highest BCUT2D eigenvalue weighted by Crippen LogP contribution is 2.32. The summed E-state index contributed by atoms with van der Waals surface area (Å²) >= 11 is 0. The SMILES string of the molecule is CCOC(=O)c1ccc2c(C(=Nc3ccc(CN(C)C(CCN)C(=O)OC(C)(C)C)cc3)c3ccccc3)c(O)[nH]c2c1. The van der Waals surface area contributed by atoms with Crippen molar-refractivity contribution in [3.8, 4) is 5.88 Å². The number of H-pyrrole nitrogens is 1. The van der Waals surface area contributed by atoms with E-state index in [1.165, 1.54) is 0 Å². The molecule has 0 fully saturated rings. The summed E-state index contributed by atoms with van der Waals surface area (Å²) in [5.74, 6) is -0.768. The molecule has 4 aromatic rings. The highest BCUT2D eigenvalue weighted by molar-refractivity contribution is 6.22. The molecular weight excluding hydrogens is 544 g/mol. The number of nitrogens with one attached hydrogen (secondary N) is 1. The Kier molecular flexibility index (Phi) is 10.0. The monoisotopic (exact) mass is 584 g/mol. The van der Waals surface area contributed by atoms with Crippen LogP contribution in [-0.4, -0.2) is 64.5 Å². The molecule has 43 heavy (non-hydrogen) atoms. The number of nitrogens with two attached hydrogens (primary N) is 1. The molecular formula is C34H40N4O5. The van der Waals surface area contributed by atoms with E-state index in [9.17, 15) is 14.7 Å². The maximum atomic E-state index is 12.8. The highest BCUT2D eigenvalue weighted by atomic mass is 16.6. The van der Waals surface area contributed by atoms with Crippen LogP contribution in [0, 0.1) is 0 Å². The van der Waals surface area contributed by atoms with Crippen molar-refractivity contribution in [3.63, 3.8) is 0 Å². The molecule has 0 aliphatic rings. The second kappa shape index (κ2) is 13.7. The molecule has 0 spiro atoms. The molecule has 0 aliphatic carbocycles. The fourth-order valence-corrected chi connectivity index (χ4v) is 4.87. The molecule has 0 bridgehead atoms. The molecule has 0 saturated carbocycles. The van der Waals surface area contributed by atoms with Gasteiger partial charge < -0.3 is 25.3 Å². The van der Waals surface area contributed by atoms with Crippen molar-refractivity contribution in [1.82, 2.24) is 9.88 Å². The fourth-order valence-electron chi connectivity index (χ4n) is 4.87. The van der Waals surface area contributed by atoms with Gasteiger partial charge in [0.25, 0.3) is 0 Å². The fraction of sp³-hybridized carbons (Fsp3) is 0.324. The number of fused-ring (bicyclic) bond motifs is 1. The number of aromatic amines is 1. The van der Waals surface area contributed by atoms with E-state index in [-0.39, 0.29) is 18.5 Å². The van der Waals surface area contributed by atoms with Crippen molar-refractivity contribution >= 4 is 34.2 Å². The van der Waals surface area contributed by atoms with Crippen molar-refractivity contribution in [2.75, 3.05) is 20.2 Å². The molecule has 1 aromatic heterocycles. The Morgan fingerprint density at radius 3 is 2.35 bits per heavy atom. The normalized spacial score (nSPS) is 12.9. The first-order valence-corrected chi connectivity index (χ1v) is 14.4. The van der Waals surface area contributed by atoms with E-state index in [1.807, 2.05) is 87.3 Å². The van der Waals surface area contributed by atoms with Gasteiger partial charge in [0.15, 0.2) is 5.88 Å². The van der Waals surface area contributed by atoms with E-state index in [0.29, 0.717) is 47.6 Å². The van der Waals surface area contributed by atoms with E-state index in [4.69, 9.17) is 20.2 Å². The number of esters is 2. The average Bonchev–Trinajstić information content (AvgIpc) is 3.29. The molecule has 1 unspecified atom stereocenters. The zero-order valence-electron chi connectivity index (χ0n) is 25.4. The smallest absolute Gasteiger partial charge is 0.338 e. The molecule has 9 nitrogen and oxygen atoms in total. The number of likely N-dealkylation sites (N-methyl/N-ethyl adjacent to an activating group) is 1. The number of aromatic nitrogens is 1. The van der Waals surface area contributed by atoms with Gasteiger partial charge in [0, 0.05) is 23.0 Å². The van der Waals surface area contributed by atoms with Crippen molar-refractivity contribution in [3.05, 3.63) is 95.1 Å². The van der Waals surface area contributed by atoms with E-state index in [1.54, 1.807) is 25.1 Å². The Hall–Kier alpha value is -4.47. The Labute approximate surface area is 252 Å². The molecule has 0 saturated heterocycles. The number of ether oxygens (including phenoxy) is 2. The lowest BCUT2D eigenvalue weighted by Gasteiger charge is -2.29. The Bertz CT molecular complexity index is 1590. The van der Waals surface area contributed by atoms with Gasteiger partial charge in [-0.1, -0.05) is 48.5 Å². The van der Waals surface area contributed by atoms with Crippen molar-refractivity contribution in [2.45, 2.75) is 52.3 Å². The summed E-state index contributed by atoms with van der Waals surface area (Å²) in [4.78, 5) is 35.0. The summed E-state index contributed by atoms with van der Waals surface area (Å²) in [6.07, 6.45) is 0.490. The number of benzene rings is 3. The van der Waals surface area contributed by atoms with E-state index in [2.05, 4.69) is 4.98 Å². The minimum atomic E-state index is -0.580. The van der Waals surface area contributed by atoms with Gasteiger partial charge in [-0.15, -0.1) is 0 Å². The molecule has 1 atom stereocenters. The van der Waals surface area contributed by atoms with Crippen molar-refractivity contribution in [2.24, 2.45) is 10.7 Å². The van der Waals surface area contributed by atoms with Crippen LogP contribution in [0.5, 0.6) is 5.88 Å². The second-order valence-corrected chi connectivity index (χ2v) is 11.4. The Morgan fingerprint density at radius 2 is 1.72 bits per heavy atom. The van der Waals surface area contributed by atoms with Crippen molar-refractivity contribution in [1.29, 1.82) is 0 Å². The maximum Gasteiger partial charge on any atom is 0.338 e. The summed E-state index contributed by atoms with van der Waals surface area (Å²) in [6.45, 7) is 8.47. The third-order valence-corrected chi connectivity index (χ3v) is 6.83. The van der Waals surface area contributed by atoms with Gasteiger partial charge in [0.1, 0.15) is 11.6 Å². The molecule has 4 rings (SSSR count). The number of carbonyl (C=O) groups excluding carboxylic acids is 2. The van der Waals surface area contributed by atoms with Crippen LogP contribution in [-0.2, 0) is 20.8 Å². The first-order valence-electron chi connectivity index (χ1n) is 14.4. The first kappa shape index (κ1) is 31.5. The molecule has 3 aromatic carbocycles. The van der Waals surface area contributed by atoms with Crippen LogP contribution in [0.15, 0.2) is 77.8 Å². The van der Waals surface area contributed by atoms with Crippen LogP contribution in [0.25, 0.3) is 10.9 Å². The second-order valence-electron chi connectivity index (χ2n) is 11.4. The summed E-state index contributed by atoms with van der Waals surface area (Å²) in [5, 5.41) is 11.7. The zero-order valence-corrected chi connectivity index (χ0v) is 25.4. The number of carbonyl (C=O) groups is 2. The molecule has 226 valence electrons. The minimum Gasteiger partial charge on any atom is -0.494 e. The summed E-state index contributed by atoms with van der Waals surface area (Å²) in [6, 6.07) is 22.0. The summed E-state index contributed by atoms with van der Waals surface area (Å²) in [5.41, 5.74) is 9.82. The van der Waals surface area contributed by atoms with Gasteiger partial charge >= 0.3 is 11.9 Å². The van der Waals surface area contributed by atoms with Crippen LogP contribution in [0.1, 0.15) is 61.2 Å². The number of hydrogen-bond acceptors (Lipinski definition) is 8. The number of hydrogen-bond donors (Lipinski definition) is 3. The van der Waals surface area contributed by atoms with Crippen LogP contribution in [0.2, 0.25) is 0 Å². The van der Waals surface area contributed by atoms with E-state index >= 15 is 0 Å². The van der Waals surface area contributed by atoms with Crippen LogP contribution in [0.3, 0.4) is 0 Å². The highest BCUT2D eigenvalue weighted by Gasteiger charge is 2.28. The largest absolute Gasteiger partial charge is 0.494 e. The van der Waals surface area contributed by atoms with Crippen LogP contribution < -0.4 is 5.73 Å². The lowest BCUT2D eigenvalue weighted by Crippen LogP contribution is -2.43. The number of rotatable bonds is 11. The summed E-state index contributed by atoms with van der Waals surface area (Å²) in [7, 11) is 1.89. The predicted octanol–water partition coefficient (Wildman–Crippen LogP) is 5.71. The first-order chi connectivity index (χ1) is 20.5. The van der Waals surface area contributed by atoms with Gasteiger partial charge in [-0.2, -0.15) is 0 Å².